The minimum atomic E-state index is -9.95. The predicted molar refractivity (Wildman–Crippen MR) is 88.0 cm³/mol. The number of alkyl halides is 29. The van der Waals surface area contributed by atoms with Gasteiger partial charge in [0.1, 0.15) is 0 Å². The third-order valence-corrected chi connectivity index (χ3v) is 5.76. The second-order valence-corrected chi connectivity index (χ2v) is 8.82. The summed E-state index contributed by atoms with van der Waals surface area (Å²) in [5.41, 5.74) is 0. The van der Waals surface area contributed by atoms with E-state index in [0.717, 1.165) is 0 Å². The van der Waals surface area contributed by atoms with E-state index in [0.29, 0.717) is 0 Å². The van der Waals surface area contributed by atoms with Crippen LogP contribution in [0, 0.1) is 0 Å². The van der Waals surface area contributed by atoms with Crippen molar-refractivity contribution < 1.29 is 132 Å². The second-order valence-electron chi connectivity index (χ2n) is 8.82. The van der Waals surface area contributed by atoms with Gasteiger partial charge in [-0.1, -0.05) is 0 Å². The van der Waals surface area contributed by atoms with Gasteiger partial charge in [-0.2, -0.15) is 127 Å². The molecule has 0 aliphatic carbocycles. The summed E-state index contributed by atoms with van der Waals surface area (Å²) in [5.74, 6) is -121. The second kappa shape index (κ2) is 11.4. The van der Waals surface area contributed by atoms with Gasteiger partial charge in [0.15, 0.2) is 0 Å². The van der Waals surface area contributed by atoms with Crippen molar-refractivity contribution in [2.45, 2.75) is 89.6 Å². The minimum absolute atomic E-state index is 0.187. The van der Waals surface area contributed by atoms with E-state index in [1.807, 2.05) is 4.99 Å². The van der Waals surface area contributed by atoms with Gasteiger partial charge in [-0.15, -0.1) is 0 Å². The number of nitrogens with zero attached hydrogens (tertiary/aromatic N) is 1. The third kappa shape index (κ3) is 5.37. The van der Waals surface area contributed by atoms with Crippen LogP contribution in [0.2, 0.25) is 0 Å². The van der Waals surface area contributed by atoms with Crippen LogP contribution in [0.3, 0.4) is 0 Å². The van der Waals surface area contributed by atoms with E-state index < -0.39 is 96.1 Å². The number of aliphatic imine (C=N–C) groups is 1. The Hall–Kier alpha value is -2.65. The third-order valence-electron chi connectivity index (χ3n) is 5.76. The standard InChI is InChI=1S/C17H4F29NO/c18-4(19,1-2-47-3-48)5(20,21)6(22,23)7(24,25)8(26,27)9(28,29)10(30,31)11(32,33)12(34,35)13(36,37)14(38,39)15(40,41)16(42,43)17(44,45)46/h1-2H2. The molecule has 0 aliphatic heterocycles. The highest BCUT2D eigenvalue weighted by Crippen LogP contribution is 2.69. The van der Waals surface area contributed by atoms with Gasteiger partial charge in [-0.25, -0.2) is 9.79 Å². The first-order chi connectivity index (χ1) is 20.3. The summed E-state index contributed by atoms with van der Waals surface area (Å²) >= 11 is 0. The molecule has 0 aromatic heterocycles. The zero-order valence-electron chi connectivity index (χ0n) is 20.7. The SMILES string of the molecule is O=C=NCCC(F)(F)C(F)(F)C(F)(F)C(F)(F)C(F)(F)C(F)(F)C(F)(F)C(F)(F)C(F)(F)C(F)(F)C(F)(F)C(F)(F)C(F)(F)C(F)(F)F. The van der Waals surface area contributed by atoms with Crippen LogP contribution in [-0.4, -0.2) is 95.8 Å². The number of isocyanates is 1. The topological polar surface area (TPSA) is 29.4 Å². The van der Waals surface area contributed by atoms with Crippen molar-refractivity contribution in [3.05, 3.63) is 0 Å². The average Bonchev–Trinajstić information content (AvgIpc) is 2.86. The summed E-state index contributed by atoms with van der Waals surface area (Å²) in [5, 5.41) is 0. The van der Waals surface area contributed by atoms with E-state index in [1.54, 1.807) is 0 Å². The Bertz CT molecular complexity index is 1220. The van der Waals surface area contributed by atoms with E-state index in [4.69, 9.17) is 0 Å². The van der Waals surface area contributed by atoms with Crippen LogP contribution in [0.15, 0.2) is 4.99 Å². The highest BCUT2D eigenvalue weighted by atomic mass is 19.4. The van der Waals surface area contributed by atoms with Crippen molar-refractivity contribution in [2.75, 3.05) is 6.54 Å². The summed E-state index contributed by atoms with van der Waals surface area (Å²) in [6.07, 6.45) is -11.3. The predicted octanol–water partition coefficient (Wildman–Crippen LogP) is 9.53. The maximum atomic E-state index is 13.8. The van der Waals surface area contributed by atoms with Gasteiger partial charge in [-0.05, 0) is 0 Å². The fourth-order valence-corrected chi connectivity index (χ4v) is 2.78. The maximum absolute atomic E-state index is 13.8. The van der Waals surface area contributed by atoms with Crippen LogP contribution in [-0.2, 0) is 4.79 Å². The van der Waals surface area contributed by atoms with E-state index in [9.17, 15) is 132 Å². The molecule has 0 amide bonds. The zero-order valence-corrected chi connectivity index (χ0v) is 20.7. The van der Waals surface area contributed by atoms with Crippen molar-refractivity contribution in [3.8, 4) is 0 Å². The summed E-state index contributed by atoms with van der Waals surface area (Å²) < 4.78 is 388. The molecule has 0 saturated carbocycles. The van der Waals surface area contributed by atoms with Crippen LogP contribution in [0.4, 0.5) is 127 Å². The monoisotopic (exact) mass is 789 g/mol. The Morgan fingerprint density at radius 1 is 0.312 bits per heavy atom. The molecule has 0 radical (unpaired) electrons. The highest BCUT2D eigenvalue weighted by Gasteiger charge is 3.00. The summed E-state index contributed by atoms with van der Waals surface area (Å²) in [6.45, 7) is -2.22. The van der Waals surface area contributed by atoms with Crippen molar-refractivity contribution in [2.24, 2.45) is 4.99 Å². The molecule has 0 fully saturated rings. The number of hydrogen-bond acceptors (Lipinski definition) is 2. The maximum Gasteiger partial charge on any atom is 0.460 e. The molecule has 0 atom stereocenters. The van der Waals surface area contributed by atoms with Gasteiger partial charge in [-0.3, -0.25) is 0 Å². The molecule has 0 aromatic carbocycles. The van der Waals surface area contributed by atoms with E-state index in [1.165, 1.54) is 0 Å². The Morgan fingerprint density at radius 3 is 0.688 bits per heavy atom. The van der Waals surface area contributed by atoms with Gasteiger partial charge >= 0.3 is 83.2 Å². The molecule has 0 aromatic rings. The van der Waals surface area contributed by atoms with Crippen molar-refractivity contribution in [1.29, 1.82) is 0 Å². The van der Waals surface area contributed by atoms with Crippen LogP contribution >= 0.6 is 0 Å². The smallest absolute Gasteiger partial charge is 0.211 e. The molecule has 0 spiro atoms. The van der Waals surface area contributed by atoms with E-state index >= 15 is 0 Å². The first kappa shape index (κ1) is 45.3. The molecule has 0 saturated heterocycles. The van der Waals surface area contributed by atoms with E-state index in [2.05, 4.69) is 0 Å². The zero-order chi connectivity index (χ0) is 39.8. The fraction of sp³-hybridized carbons (Fsp3) is 0.941. The molecule has 0 aliphatic rings. The van der Waals surface area contributed by atoms with Crippen LogP contribution < -0.4 is 0 Å². The fourth-order valence-electron chi connectivity index (χ4n) is 2.78. The van der Waals surface area contributed by atoms with Crippen molar-refractivity contribution in [3.63, 3.8) is 0 Å². The van der Waals surface area contributed by atoms with Gasteiger partial charge in [0, 0.05) is 6.42 Å². The molecule has 0 unspecified atom stereocenters. The number of rotatable bonds is 15. The largest absolute Gasteiger partial charge is 0.460 e. The molecule has 31 heteroatoms. The Kier molecular flexibility index (Phi) is 10.8. The molecule has 286 valence electrons. The summed E-state index contributed by atoms with van der Waals surface area (Å²) in [4.78, 5) is 11.6. The van der Waals surface area contributed by atoms with Gasteiger partial charge < -0.3 is 0 Å². The van der Waals surface area contributed by atoms with Gasteiger partial charge in [0.25, 0.3) is 0 Å². The van der Waals surface area contributed by atoms with Crippen LogP contribution in [0.1, 0.15) is 6.42 Å². The minimum Gasteiger partial charge on any atom is -0.211 e. The first-order valence-electron chi connectivity index (χ1n) is 10.3. The van der Waals surface area contributed by atoms with Gasteiger partial charge in [0.05, 0.1) is 6.54 Å². The molecule has 0 rings (SSSR count). The number of hydrogen-bond donors (Lipinski definition) is 0. The lowest BCUT2D eigenvalue weighted by atomic mass is 9.83. The summed E-state index contributed by atoms with van der Waals surface area (Å²) in [6, 6.07) is 0. The van der Waals surface area contributed by atoms with E-state index in [-0.39, 0.29) is 6.08 Å². The summed E-state index contributed by atoms with van der Waals surface area (Å²) in [7, 11) is 0. The quantitative estimate of drug-likeness (QED) is 0.0924. The highest BCUT2D eigenvalue weighted by molar-refractivity contribution is 5.32. The Balaban J connectivity index is 7.50. The Labute approximate surface area is 240 Å². The molecular weight excluding hydrogens is 785 g/mol. The van der Waals surface area contributed by atoms with Crippen molar-refractivity contribution in [1.82, 2.24) is 0 Å². The molecule has 0 heterocycles. The molecular formula is C17H4F29NO. The number of halogens is 29. The molecule has 48 heavy (non-hydrogen) atoms. The molecule has 2 nitrogen and oxygen atoms in total. The van der Waals surface area contributed by atoms with Crippen molar-refractivity contribution >= 4 is 6.08 Å². The van der Waals surface area contributed by atoms with Crippen LogP contribution in [0.5, 0.6) is 0 Å². The van der Waals surface area contributed by atoms with Gasteiger partial charge in [0.2, 0.25) is 6.08 Å². The average molecular weight is 789 g/mol. The normalized spacial score (nSPS) is 16.6. The van der Waals surface area contributed by atoms with Crippen LogP contribution in [0.25, 0.3) is 0 Å². The Morgan fingerprint density at radius 2 is 0.500 bits per heavy atom. The first-order valence-corrected chi connectivity index (χ1v) is 10.3. The lowest BCUT2D eigenvalue weighted by Gasteiger charge is -2.46. The lowest BCUT2D eigenvalue weighted by molar-refractivity contribution is -0.487. The molecule has 0 N–H and O–H groups in total. The lowest BCUT2D eigenvalue weighted by Crippen LogP contribution is -2.79. The number of carbonyl (C=O) groups excluding carboxylic acids is 1. The molecule has 0 bridgehead atoms.